The van der Waals surface area contributed by atoms with Gasteiger partial charge < -0.3 is 16.2 Å². The van der Waals surface area contributed by atoms with E-state index >= 15 is 0 Å². The summed E-state index contributed by atoms with van der Waals surface area (Å²) in [6.07, 6.45) is 1.97. The molecular weight excluding hydrogens is 502 g/mol. The van der Waals surface area contributed by atoms with Gasteiger partial charge in [0.2, 0.25) is 15.9 Å². The molecular formula is C26H30ClN3O5S. The number of carbonyl (C=O) groups excluding carboxylic acids is 1. The van der Waals surface area contributed by atoms with Crippen LogP contribution in [0.15, 0.2) is 64.6 Å². The number of carbonyl (C=O) groups is 2. The number of nitrogens with one attached hydrogen (secondary N) is 2. The van der Waals surface area contributed by atoms with E-state index in [2.05, 4.69) is 10.0 Å². The highest BCUT2D eigenvalue weighted by Crippen LogP contribution is 2.39. The van der Waals surface area contributed by atoms with Gasteiger partial charge in [-0.15, -0.1) is 0 Å². The van der Waals surface area contributed by atoms with Crippen LogP contribution in [0.5, 0.6) is 0 Å². The number of allylic oxidation sites excluding steroid dienone is 2. The molecule has 2 aromatic carbocycles. The third kappa shape index (κ3) is 5.70. The van der Waals surface area contributed by atoms with Crippen LogP contribution in [-0.2, 0) is 19.6 Å². The maximum Gasteiger partial charge on any atom is 0.327 e. The third-order valence-corrected chi connectivity index (χ3v) is 8.34. The molecule has 0 radical (unpaired) electrons. The first-order chi connectivity index (χ1) is 16.8. The molecule has 0 aromatic heterocycles. The number of halogens is 1. The van der Waals surface area contributed by atoms with Crippen molar-refractivity contribution in [2.24, 2.45) is 5.73 Å². The third-order valence-electron chi connectivity index (χ3n) is 6.20. The van der Waals surface area contributed by atoms with Crippen molar-refractivity contribution in [2.45, 2.75) is 50.6 Å². The highest BCUT2D eigenvalue weighted by molar-refractivity contribution is 7.89. The molecule has 0 spiro atoms. The molecule has 1 amide bonds. The number of rotatable bonds is 8. The summed E-state index contributed by atoms with van der Waals surface area (Å²) in [5.41, 5.74) is 7.51. The summed E-state index contributed by atoms with van der Waals surface area (Å²) in [5.74, 6) is -1.99. The molecule has 2 unspecified atom stereocenters. The van der Waals surface area contributed by atoms with Crippen molar-refractivity contribution >= 4 is 39.1 Å². The Bertz CT molecular complexity index is 1370. The number of aliphatic carboxylic acids is 1. The molecule has 1 aliphatic rings. The van der Waals surface area contributed by atoms with Crippen LogP contribution in [0.3, 0.4) is 0 Å². The highest BCUT2D eigenvalue weighted by Gasteiger charge is 2.42. The fraction of sp³-hybridized carbons (Fsp3) is 0.308. The summed E-state index contributed by atoms with van der Waals surface area (Å²) in [7, 11) is -4.13. The molecule has 0 bridgehead atoms. The maximum absolute atomic E-state index is 13.7. The van der Waals surface area contributed by atoms with E-state index in [9.17, 15) is 23.1 Å². The summed E-state index contributed by atoms with van der Waals surface area (Å²) in [5, 5.41) is 12.2. The van der Waals surface area contributed by atoms with Gasteiger partial charge >= 0.3 is 5.97 Å². The van der Waals surface area contributed by atoms with Gasteiger partial charge in [-0.25, -0.2) is 17.9 Å². The zero-order valence-electron chi connectivity index (χ0n) is 20.6. The van der Waals surface area contributed by atoms with E-state index in [-0.39, 0.29) is 23.4 Å². The smallest absolute Gasteiger partial charge is 0.327 e. The molecule has 2 atom stereocenters. The Hall–Kier alpha value is -2.98. The predicted octanol–water partition coefficient (Wildman–Crippen LogP) is 3.33. The van der Waals surface area contributed by atoms with Gasteiger partial charge in [-0.05, 0) is 74.1 Å². The van der Waals surface area contributed by atoms with Crippen molar-refractivity contribution in [3.05, 3.63) is 81.4 Å². The number of amides is 1. The number of carboxylic acid groups (broad SMARTS) is 1. The van der Waals surface area contributed by atoms with E-state index in [1.807, 2.05) is 36.4 Å². The Labute approximate surface area is 216 Å². The lowest BCUT2D eigenvalue weighted by molar-refractivity contribution is -0.141. The molecule has 0 aliphatic heterocycles. The fourth-order valence-corrected chi connectivity index (χ4v) is 6.40. The first-order valence-electron chi connectivity index (χ1n) is 11.3. The lowest BCUT2D eigenvalue weighted by Crippen LogP contribution is -2.55. The van der Waals surface area contributed by atoms with Crippen LogP contribution >= 0.6 is 11.6 Å². The maximum atomic E-state index is 13.7. The minimum Gasteiger partial charge on any atom is -0.480 e. The Kier molecular flexibility index (Phi) is 8.10. The molecule has 3 rings (SSSR count). The van der Waals surface area contributed by atoms with Crippen LogP contribution in [0, 0.1) is 13.8 Å². The highest BCUT2D eigenvalue weighted by atomic mass is 35.5. The van der Waals surface area contributed by atoms with Gasteiger partial charge in [0.15, 0.2) is 0 Å². The minimum absolute atomic E-state index is 0.0456. The minimum atomic E-state index is -4.13. The molecule has 2 aromatic rings. The molecule has 36 heavy (non-hydrogen) atoms. The summed E-state index contributed by atoms with van der Waals surface area (Å²) in [4.78, 5) is 24.9. The standard InChI is InChI=1S/C26H30ClN3O5S/c1-15-12-22(16(2)11-20(15)27)36(34,35)30-26(4)13-19(18-8-6-5-7-9-18)10-17(3)23(26)24(31)29-21(14-28)25(32)33/h5-12,21,30H,13-14,28H2,1-4H3,(H,29,31)(H,32,33). The molecule has 10 heteroatoms. The Morgan fingerprint density at radius 1 is 1.14 bits per heavy atom. The van der Waals surface area contributed by atoms with Crippen LogP contribution < -0.4 is 15.8 Å². The second kappa shape index (κ2) is 10.6. The predicted molar refractivity (Wildman–Crippen MR) is 140 cm³/mol. The topological polar surface area (TPSA) is 139 Å². The van der Waals surface area contributed by atoms with Gasteiger partial charge in [0, 0.05) is 17.1 Å². The zero-order chi connectivity index (χ0) is 26.8. The number of nitrogens with two attached hydrogens (primary N) is 1. The molecule has 192 valence electrons. The van der Waals surface area contributed by atoms with Gasteiger partial charge in [0.05, 0.1) is 10.4 Å². The normalized spacial score (nSPS) is 19.0. The lowest BCUT2D eigenvalue weighted by Gasteiger charge is -2.38. The monoisotopic (exact) mass is 531 g/mol. The van der Waals surface area contributed by atoms with Crippen molar-refractivity contribution in [1.82, 2.24) is 10.0 Å². The quantitative estimate of drug-likeness (QED) is 0.412. The SMILES string of the molecule is CC1=C(C(=O)NC(CN)C(=O)O)C(C)(NS(=O)(=O)c2cc(C)c(Cl)cc2C)CC(c2ccccc2)=C1. The van der Waals surface area contributed by atoms with Gasteiger partial charge in [0.1, 0.15) is 6.04 Å². The van der Waals surface area contributed by atoms with E-state index in [1.54, 1.807) is 33.8 Å². The first-order valence-corrected chi connectivity index (χ1v) is 13.2. The average molecular weight is 532 g/mol. The van der Waals surface area contributed by atoms with Crippen molar-refractivity contribution < 1.29 is 23.1 Å². The van der Waals surface area contributed by atoms with Crippen LogP contribution in [-0.4, -0.2) is 43.5 Å². The number of carboxylic acids is 1. The van der Waals surface area contributed by atoms with Crippen molar-refractivity contribution in [3.63, 3.8) is 0 Å². The van der Waals surface area contributed by atoms with E-state index in [1.165, 1.54) is 6.07 Å². The number of hydrogen-bond acceptors (Lipinski definition) is 5. The molecule has 1 aliphatic carbocycles. The first kappa shape index (κ1) is 27.6. The summed E-state index contributed by atoms with van der Waals surface area (Å²) >= 11 is 6.17. The van der Waals surface area contributed by atoms with Crippen molar-refractivity contribution in [1.29, 1.82) is 0 Å². The van der Waals surface area contributed by atoms with Gasteiger partial charge in [-0.2, -0.15) is 0 Å². The van der Waals surface area contributed by atoms with Crippen LogP contribution in [0.2, 0.25) is 5.02 Å². The van der Waals surface area contributed by atoms with Gasteiger partial charge in [-0.3, -0.25) is 4.79 Å². The van der Waals surface area contributed by atoms with Crippen LogP contribution in [0.25, 0.3) is 5.57 Å². The van der Waals surface area contributed by atoms with Crippen LogP contribution in [0.4, 0.5) is 0 Å². The van der Waals surface area contributed by atoms with Crippen LogP contribution in [0.1, 0.15) is 37.0 Å². The summed E-state index contributed by atoms with van der Waals surface area (Å²) in [6.45, 7) is 6.35. The molecule has 0 saturated heterocycles. The van der Waals surface area contributed by atoms with E-state index in [4.69, 9.17) is 17.3 Å². The molecule has 0 fully saturated rings. The molecule has 0 saturated carbocycles. The Morgan fingerprint density at radius 2 is 1.78 bits per heavy atom. The summed E-state index contributed by atoms with van der Waals surface area (Å²) < 4.78 is 30.1. The summed E-state index contributed by atoms with van der Waals surface area (Å²) in [6, 6.07) is 11.2. The van der Waals surface area contributed by atoms with Gasteiger partial charge in [-0.1, -0.05) is 48.0 Å². The molecule has 0 heterocycles. The van der Waals surface area contributed by atoms with Crippen molar-refractivity contribution in [2.75, 3.05) is 6.54 Å². The fourth-order valence-electron chi connectivity index (χ4n) is 4.49. The van der Waals surface area contributed by atoms with E-state index in [0.717, 1.165) is 11.1 Å². The van der Waals surface area contributed by atoms with Crippen molar-refractivity contribution in [3.8, 4) is 0 Å². The second-order valence-corrected chi connectivity index (χ2v) is 11.2. The lowest BCUT2D eigenvalue weighted by atomic mass is 9.76. The largest absolute Gasteiger partial charge is 0.480 e. The number of benzene rings is 2. The van der Waals surface area contributed by atoms with E-state index in [0.29, 0.717) is 21.7 Å². The average Bonchev–Trinajstić information content (AvgIpc) is 2.79. The van der Waals surface area contributed by atoms with E-state index < -0.39 is 33.5 Å². The Balaban J connectivity index is 2.13. The second-order valence-electron chi connectivity index (χ2n) is 9.17. The number of aryl methyl sites for hydroxylation is 2. The number of sulfonamides is 1. The molecule has 5 N–H and O–H groups in total. The zero-order valence-corrected chi connectivity index (χ0v) is 22.1. The Morgan fingerprint density at radius 3 is 2.36 bits per heavy atom. The number of hydrogen-bond donors (Lipinski definition) is 4. The molecule has 8 nitrogen and oxygen atoms in total. The van der Waals surface area contributed by atoms with Gasteiger partial charge in [0.25, 0.3) is 0 Å².